The maximum atomic E-state index is 12.2. The summed E-state index contributed by atoms with van der Waals surface area (Å²) in [7, 11) is 1.63. The number of methoxy groups -OCH3 is 1. The van der Waals surface area contributed by atoms with Crippen molar-refractivity contribution in [1.29, 1.82) is 0 Å². The highest BCUT2D eigenvalue weighted by Gasteiger charge is 2.12. The second-order valence-electron chi connectivity index (χ2n) is 5.82. The van der Waals surface area contributed by atoms with Crippen LogP contribution < -0.4 is 15.4 Å². The minimum absolute atomic E-state index is 0.109. The lowest BCUT2D eigenvalue weighted by molar-refractivity contribution is -0.113. The van der Waals surface area contributed by atoms with Gasteiger partial charge < -0.3 is 15.4 Å². The number of aromatic nitrogens is 4. The van der Waals surface area contributed by atoms with Crippen LogP contribution in [0.2, 0.25) is 0 Å². The molecule has 3 aromatic rings. The predicted octanol–water partition coefficient (Wildman–Crippen LogP) is 3.80. The number of benzene rings is 1. The summed E-state index contributed by atoms with van der Waals surface area (Å²) in [6.45, 7) is 4.02. The Morgan fingerprint density at radius 3 is 2.74 bits per heavy atom. The van der Waals surface area contributed by atoms with E-state index >= 15 is 0 Å². The summed E-state index contributed by atoms with van der Waals surface area (Å²) in [6, 6.07) is 9.50. The summed E-state index contributed by atoms with van der Waals surface area (Å²) in [5, 5.41) is 19.1. The standard InChI is InChI=1S/C17H20N6O2S2/c1-11(2)23-14(8-9-18-23)20-15(24)10-26-17-22-21-16(27-17)19-12-4-6-13(25-3)7-5-12/h4-9,11H,10H2,1-3H3,(H,19,21)(H,20,24). The molecule has 2 N–H and O–H groups in total. The molecule has 0 aliphatic rings. The molecular formula is C17H20N6O2S2. The monoisotopic (exact) mass is 404 g/mol. The van der Waals surface area contributed by atoms with E-state index in [1.165, 1.54) is 23.1 Å². The SMILES string of the molecule is COc1ccc(Nc2nnc(SCC(=O)Nc3ccnn3C(C)C)s2)cc1. The van der Waals surface area contributed by atoms with Gasteiger partial charge in [0.05, 0.1) is 19.1 Å². The molecule has 27 heavy (non-hydrogen) atoms. The van der Waals surface area contributed by atoms with Crippen molar-refractivity contribution in [2.75, 3.05) is 23.5 Å². The Bertz CT molecular complexity index is 891. The van der Waals surface area contributed by atoms with E-state index in [9.17, 15) is 4.79 Å². The fourth-order valence-corrected chi connectivity index (χ4v) is 3.82. The van der Waals surface area contributed by atoms with Crippen LogP contribution in [0.4, 0.5) is 16.6 Å². The molecule has 10 heteroatoms. The number of carbonyl (C=O) groups excluding carboxylic acids is 1. The molecule has 8 nitrogen and oxygen atoms in total. The van der Waals surface area contributed by atoms with E-state index in [0.29, 0.717) is 10.9 Å². The normalized spacial score (nSPS) is 10.8. The van der Waals surface area contributed by atoms with E-state index in [1.807, 2.05) is 38.1 Å². The number of hydrogen-bond donors (Lipinski definition) is 2. The van der Waals surface area contributed by atoms with Crippen molar-refractivity contribution in [3.8, 4) is 5.75 Å². The molecule has 0 aliphatic carbocycles. The minimum atomic E-state index is -0.109. The third-order valence-electron chi connectivity index (χ3n) is 3.50. The van der Waals surface area contributed by atoms with Crippen molar-refractivity contribution < 1.29 is 9.53 Å². The Balaban J connectivity index is 1.51. The third-order valence-corrected chi connectivity index (χ3v) is 5.47. The van der Waals surface area contributed by atoms with Gasteiger partial charge in [-0.05, 0) is 38.1 Å². The number of hydrogen-bond acceptors (Lipinski definition) is 8. The molecule has 2 aromatic heterocycles. The Labute approximate surface area is 165 Å². The highest BCUT2D eigenvalue weighted by Crippen LogP contribution is 2.28. The van der Waals surface area contributed by atoms with Crippen LogP contribution in [-0.2, 0) is 4.79 Å². The van der Waals surface area contributed by atoms with E-state index in [2.05, 4.69) is 25.9 Å². The number of amides is 1. The molecule has 0 atom stereocenters. The van der Waals surface area contributed by atoms with Gasteiger partial charge in [-0.2, -0.15) is 5.10 Å². The van der Waals surface area contributed by atoms with Crippen molar-refractivity contribution >= 4 is 45.6 Å². The van der Waals surface area contributed by atoms with E-state index in [4.69, 9.17) is 4.74 Å². The summed E-state index contributed by atoms with van der Waals surface area (Å²) >= 11 is 2.74. The molecule has 0 saturated carbocycles. The van der Waals surface area contributed by atoms with Gasteiger partial charge in [-0.1, -0.05) is 23.1 Å². The Kier molecular flexibility index (Phi) is 6.30. The number of anilines is 3. The summed E-state index contributed by atoms with van der Waals surface area (Å²) in [6.07, 6.45) is 1.67. The maximum Gasteiger partial charge on any atom is 0.235 e. The fourth-order valence-electron chi connectivity index (χ4n) is 2.25. The van der Waals surface area contributed by atoms with Crippen molar-refractivity contribution in [2.24, 2.45) is 0 Å². The smallest absolute Gasteiger partial charge is 0.235 e. The van der Waals surface area contributed by atoms with Gasteiger partial charge in [-0.15, -0.1) is 10.2 Å². The molecule has 1 amide bonds. The van der Waals surface area contributed by atoms with Crippen LogP contribution in [0.1, 0.15) is 19.9 Å². The second-order valence-corrected chi connectivity index (χ2v) is 8.02. The summed E-state index contributed by atoms with van der Waals surface area (Å²) in [5.74, 6) is 1.62. The van der Waals surface area contributed by atoms with Crippen LogP contribution in [0.25, 0.3) is 0 Å². The lowest BCUT2D eigenvalue weighted by Crippen LogP contribution is -2.18. The van der Waals surface area contributed by atoms with Crippen LogP contribution in [0.5, 0.6) is 5.75 Å². The van der Waals surface area contributed by atoms with Gasteiger partial charge in [0.1, 0.15) is 11.6 Å². The number of nitrogens with zero attached hydrogens (tertiary/aromatic N) is 4. The van der Waals surface area contributed by atoms with E-state index < -0.39 is 0 Å². The highest BCUT2D eigenvalue weighted by molar-refractivity contribution is 8.01. The predicted molar refractivity (Wildman–Crippen MR) is 108 cm³/mol. The van der Waals surface area contributed by atoms with Gasteiger partial charge in [-0.25, -0.2) is 4.68 Å². The molecule has 1 aromatic carbocycles. The van der Waals surface area contributed by atoms with Gasteiger partial charge in [0.2, 0.25) is 11.0 Å². The summed E-state index contributed by atoms with van der Waals surface area (Å²) < 4.78 is 7.62. The lowest BCUT2D eigenvalue weighted by Gasteiger charge is -2.11. The summed E-state index contributed by atoms with van der Waals surface area (Å²) in [5.41, 5.74) is 0.892. The highest BCUT2D eigenvalue weighted by atomic mass is 32.2. The first kappa shape index (κ1) is 19.2. The zero-order valence-corrected chi connectivity index (χ0v) is 16.8. The second kappa shape index (κ2) is 8.87. The topological polar surface area (TPSA) is 94.0 Å². The Hall–Kier alpha value is -2.59. The van der Waals surface area contributed by atoms with E-state index in [-0.39, 0.29) is 17.7 Å². The molecule has 142 valence electrons. The van der Waals surface area contributed by atoms with Crippen molar-refractivity contribution in [3.05, 3.63) is 36.5 Å². The van der Waals surface area contributed by atoms with Crippen molar-refractivity contribution in [3.63, 3.8) is 0 Å². The molecule has 0 radical (unpaired) electrons. The van der Waals surface area contributed by atoms with Gasteiger partial charge in [0.15, 0.2) is 4.34 Å². The number of thioether (sulfide) groups is 1. The van der Waals surface area contributed by atoms with E-state index in [0.717, 1.165) is 15.8 Å². The third kappa shape index (κ3) is 5.20. The number of ether oxygens (including phenoxy) is 1. The van der Waals surface area contributed by atoms with Crippen molar-refractivity contribution in [1.82, 2.24) is 20.0 Å². The number of carbonyl (C=O) groups is 1. The number of rotatable bonds is 8. The molecule has 0 saturated heterocycles. The molecular weight excluding hydrogens is 384 g/mol. The zero-order chi connectivity index (χ0) is 19.2. The van der Waals surface area contributed by atoms with Crippen LogP contribution in [0.3, 0.4) is 0 Å². The van der Waals surface area contributed by atoms with Crippen LogP contribution in [0.15, 0.2) is 40.9 Å². The fraction of sp³-hybridized carbons (Fsp3) is 0.294. The van der Waals surface area contributed by atoms with Gasteiger partial charge in [-0.3, -0.25) is 4.79 Å². The van der Waals surface area contributed by atoms with E-state index in [1.54, 1.807) is 24.1 Å². The first-order valence-electron chi connectivity index (χ1n) is 8.26. The van der Waals surface area contributed by atoms with Gasteiger partial charge in [0.25, 0.3) is 0 Å². The molecule has 2 heterocycles. The van der Waals surface area contributed by atoms with Crippen molar-refractivity contribution in [2.45, 2.75) is 24.2 Å². The van der Waals surface area contributed by atoms with Crippen LogP contribution in [-0.4, -0.2) is 38.7 Å². The maximum absolute atomic E-state index is 12.2. The molecule has 0 aliphatic heterocycles. The van der Waals surface area contributed by atoms with Gasteiger partial charge >= 0.3 is 0 Å². The quantitative estimate of drug-likeness (QED) is 0.552. The Morgan fingerprint density at radius 1 is 1.26 bits per heavy atom. The first-order chi connectivity index (χ1) is 13.0. The summed E-state index contributed by atoms with van der Waals surface area (Å²) in [4.78, 5) is 12.2. The Morgan fingerprint density at radius 2 is 2.04 bits per heavy atom. The average Bonchev–Trinajstić information content (AvgIpc) is 3.30. The zero-order valence-electron chi connectivity index (χ0n) is 15.2. The first-order valence-corrected chi connectivity index (χ1v) is 10.1. The number of nitrogens with one attached hydrogen (secondary N) is 2. The minimum Gasteiger partial charge on any atom is -0.497 e. The van der Waals surface area contributed by atoms with Gasteiger partial charge in [0, 0.05) is 17.8 Å². The largest absolute Gasteiger partial charge is 0.497 e. The molecule has 0 spiro atoms. The van der Waals surface area contributed by atoms with Crippen LogP contribution in [0, 0.1) is 0 Å². The molecule has 3 rings (SSSR count). The molecule has 0 fully saturated rings. The van der Waals surface area contributed by atoms with Crippen LogP contribution >= 0.6 is 23.1 Å². The molecule has 0 bridgehead atoms. The lowest BCUT2D eigenvalue weighted by atomic mass is 10.3. The average molecular weight is 405 g/mol. The molecule has 0 unspecified atom stereocenters.